The SMILES string of the molecule is Cc1ccc(-c2cc(C(=O)N[C@H](C)CN3CC(C)OC(C)C3)cc(-n3cnnn3)c2)cc1. The van der Waals surface area contributed by atoms with Crippen molar-refractivity contribution in [1.82, 2.24) is 30.4 Å². The summed E-state index contributed by atoms with van der Waals surface area (Å²) in [6, 6.07) is 13.9. The van der Waals surface area contributed by atoms with Crippen LogP contribution in [-0.4, -0.2) is 68.9 Å². The molecule has 1 N–H and O–H groups in total. The summed E-state index contributed by atoms with van der Waals surface area (Å²) in [5.41, 5.74) is 4.46. The standard InChI is InChI=1S/C24H30N6O2/c1-16-5-7-20(8-6-16)21-9-22(11-23(10-21)30-15-25-27-28-30)24(31)26-17(2)12-29-13-18(3)32-19(4)14-29/h5-11,15,17-19H,12-14H2,1-4H3,(H,26,31)/t17-,18?,19?/m1/s1. The molecule has 1 aromatic heterocycles. The van der Waals surface area contributed by atoms with Crippen LogP contribution in [-0.2, 0) is 4.74 Å². The molecule has 1 aliphatic rings. The number of carbonyl (C=O) groups is 1. The van der Waals surface area contributed by atoms with Gasteiger partial charge in [-0.1, -0.05) is 29.8 Å². The van der Waals surface area contributed by atoms with Gasteiger partial charge in [0, 0.05) is 31.2 Å². The van der Waals surface area contributed by atoms with Gasteiger partial charge in [0.15, 0.2) is 0 Å². The number of ether oxygens (including phenoxy) is 1. The summed E-state index contributed by atoms with van der Waals surface area (Å²) < 4.78 is 7.38. The number of amides is 1. The Balaban J connectivity index is 1.55. The summed E-state index contributed by atoms with van der Waals surface area (Å²) in [7, 11) is 0. The Kier molecular flexibility index (Phi) is 6.62. The quantitative estimate of drug-likeness (QED) is 0.642. The molecule has 2 aromatic carbocycles. The molecule has 0 radical (unpaired) electrons. The average molecular weight is 435 g/mol. The lowest BCUT2D eigenvalue weighted by molar-refractivity contribution is -0.0692. The van der Waals surface area contributed by atoms with Crippen molar-refractivity contribution in [3.05, 3.63) is 59.9 Å². The van der Waals surface area contributed by atoms with Crippen molar-refractivity contribution in [2.45, 2.75) is 45.9 Å². The van der Waals surface area contributed by atoms with Crippen LogP contribution in [0.3, 0.4) is 0 Å². The van der Waals surface area contributed by atoms with Crippen molar-refractivity contribution >= 4 is 5.91 Å². The van der Waals surface area contributed by atoms with Crippen LogP contribution in [0.4, 0.5) is 0 Å². The van der Waals surface area contributed by atoms with E-state index in [4.69, 9.17) is 4.74 Å². The monoisotopic (exact) mass is 434 g/mol. The smallest absolute Gasteiger partial charge is 0.251 e. The number of nitrogens with one attached hydrogen (secondary N) is 1. The topological polar surface area (TPSA) is 85.2 Å². The number of aromatic nitrogens is 4. The number of hydrogen-bond acceptors (Lipinski definition) is 6. The first-order chi connectivity index (χ1) is 15.4. The molecule has 0 aliphatic carbocycles. The normalized spacial score (nSPS) is 20.1. The minimum absolute atomic E-state index is 0.000447. The Morgan fingerprint density at radius 1 is 1.12 bits per heavy atom. The van der Waals surface area contributed by atoms with Crippen molar-refractivity contribution in [2.75, 3.05) is 19.6 Å². The second-order valence-corrected chi connectivity index (χ2v) is 8.74. The number of tetrazole rings is 1. The van der Waals surface area contributed by atoms with E-state index in [0.29, 0.717) is 5.56 Å². The fourth-order valence-electron chi connectivity index (χ4n) is 4.24. The fraction of sp³-hybridized carbons (Fsp3) is 0.417. The van der Waals surface area contributed by atoms with Gasteiger partial charge in [-0.2, -0.15) is 0 Å². The lowest BCUT2D eigenvalue weighted by atomic mass is 10.0. The van der Waals surface area contributed by atoms with Crippen LogP contribution in [0, 0.1) is 6.92 Å². The summed E-state index contributed by atoms with van der Waals surface area (Å²) in [6.45, 7) is 10.8. The van der Waals surface area contributed by atoms with Crippen molar-refractivity contribution in [2.24, 2.45) is 0 Å². The maximum absolute atomic E-state index is 13.2. The van der Waals surface area contributed by atoms with E-state index in [1.54, 1.807) is 4.68 Å². The number of aryl methyl sites for hydroxylation is 1. The average Bonchev–Trinajstić information content (AvgIpc) is 3.28. The van der Waals surface area contributed by atoms with Crippen LogP contribution in [0.15, 0.2) is 48.8 Å². The summed E-state index contributed by atoms with van der Waals surface area (Å²) >= 11 is 0. The second kappa shape index (κ2) is 9.58. The molecule has 1 saturated heterocycles. The van der Waals surface area contributed by atoms with E-state index in [9.17, 15) is 4.79 Å². The number of rotatable bonds is 6. The predicted octanol–water partition coefficient (Wildman–Crippen LogP) is 2.87. The highest BCUT2D eigenvalue weighted by Gasteiger charge is 2.24. The van der Waals surface area contributed by atoms with Gasteiger partial charge in [-0.25, -0.2) is 4.68 Å². The molecule has 168 valence electrons. The van der Waals surface area contributed by atoms with Gasteiger partial charge >= 0.3 is 0 Å². The van der Waals surface area contributed by atoms with Crippen LogP contribution in [0.5, 0.6) is 0 Å². The summed E-state index contributed by atoms with van der Waals surface area (Å²) in [6.07, 6.45) is 1.93. The van der Waals surface area contributed by atoms with Gasteiger partial charge < -0.3 is 10.1 Å². The van der Waals surface area contributed by atoms with Gasteiger partial charge in [0.05, 0.1) is 17.9 Å². The van der Waals surface area contributed by atoms with E-state index in [1.165, 1.54) is 11.9 Å². The van der Waals surface area contributed by atoms with Crippen LogP contribution >= 0.6 is 0 Å². The minimum atomic E-state index is -0.116. The molecule has 8 heteroatoms. The molecule has 8 nitrogen and oxygen atoms in total. The number of carbonyl (C=O) groups excluding carboxylic acids is 1. The highest BCUT2D eigenvalue weighted by molar-refractivity contribution is 5.96. The Bertz CT molecular complexity index is 1040. The molecule has 0 bridgehead atoms. The number of morpholine rings is 1. The molecule has 0 spiro atoms. The fourth-order valence-corrected chi connectivity index (χ4v) is 4.24. The number of hydrogen-bond donors (Lipinski definition) is 1. The first-order valence-electron chi connectivity index (χ1n) is 11.0. The highest BCUT2D eigenvalue weighted by Crippen LogP contribution is 2.24. The largest absolute Gasteiger partial charge is 0.373 e. The van der Waals surface area contributed by atoms with Gasteiger partial charge in [0.1, 0.15) is 6.33 Å². The molecule has 1 amide bonds. The van der Waals surface area contributed by atoms with Crippen LogP contribution < -0.4 is 5.32 Å². The van der Waals surface area contributed by atoms with Crippen LogP contribution in [0.25, 0.3) is 16.8 Å². The van der Waals surface area contributed by atoms with Crippen molar-refractivity contribution in [3.63, 3.8) is 0 Å². The van der Waals surface area contributed by atoms with Gasteiger partial charge in [-0.15, -0.1) is 5.10 Å². The first kappa shape index (κ1) is 22.1. The van der Waals surface area contributed by atoms with Crippen molar-refractivity contribution in [1.29, 1.82) is 0 Å². The van der Waals surface area contributed by atoms with Crippen LogP contribution in [0.2, 0.25) is 0 Å². The van der Waals surface area contributed by atoms with Gasteiger partial charge in [-0.3, -0.25) is 9.69 Å². The maximum atomic E-state index is 13.2. The molecule has 1 fully saturated rings. The zero-order valence-electron chi connectivity index (χ0n) is 19.0. The summed E-state index contributed by atoms with van der Waals surface area (Å²) in [5.74, 6) is -0.116. The molecular weight excluding hydrogens is 404 g/mol. The van der Waals surface area contributed by atoms with Crippen LogP contribution in [0.1, 0.15) is 36.7 Å². The minimum Gasteiger partial charge on any atom is -0.373 e. The lowest BCUT2D eigenvalue weighted by Crippen LogP contribution is -2.50. The Hall–Kier alpha value is -3.10. The zero-order chi connectivity index (χ0) is 22.7. The van der Waals surface area contributed by atoms with Crippen molar-refractivity contribution < 1.29 is 9.53 Å². The van der Waals surface area contributed by atoms with Crippen molar-refractivity contribution in [3.8, 4) is 16.8 Å². The maximum Gasteiger partial charge on any atom is 0.251 e. The third kappa shape index (κ3) is 5.38. The third-order valence-corrected chi connectivity index (χ3v) is 5.58. The van der Waals surface area contributed by atoms with E-state index in [-0.39, 0.29) is 24.2 Å². The second-order valence-electron chi connectivity index (χ2n) is 8.74. The van der Waals surface area contributed by atoms with Gasteiger partial charge in [0.25, 0.3) is 5.91 Å². The summed E-state index contributed by atoms with van der Waals surface area (Å²) in [5, 5.41) is 14.6. The highest BCUT2D eigenvalue weighted by atomic mass is 16.5. The Morgan fingerprint density at radius 3 is 2.50 bits per heavy atom. The lowest BCUT2D eigenvalue weighted by Gasteiger charge is -2.36. The van der Waals surface area contributed by atoms with E-state index in [1.807, 2.05) is 25.1 Å². The molecule has 4 rings (SSSR count). The number of benzene rings is 2. The van der Waals surface area contributed by atoms with E-state index in [0.717, 1.165) is 36.4 Å². The Morgan fingerprint density at radius 2 is 1.84 bits per heavy atom. The molecule has 0 saturated carbocycles. The zero-order valence-corrected chi connectivity index (χ0v) is 19.0. The molecule has 3 aromatic rings. The van der Waals surface area contributed by atoms with Gasteiger partial charge in [-0.05, 0) is 67.4 Å². The molecular formula is C24H30N6O2. The number of nitrogens with zero attached hydrogens (tertiary/aromatic N) is 5. The molecule has 32 heavy (non-hydrogen) atoms. The Labute approximate surface area is 188 Å². The van der Waals surface area contributed by atoms with E-state index >= 15 is 0 Å². The molecule has 2 unspecified atom stereocenters. The van der Waals surface area contributed by atoms with E-state index in [2.05, 4.69) is 70.8 Å². The van der Waals surface area contributed by atoms with Gasteiger partial charge in [0.2, 0.25) is 0 Å². The molecule has 3 atom stereocenters. The summed E-state index contributed by atoms with van der Waals surface area (Å²) in [4.78, 5) is 15.5. The molecule has 2 heterocycles. The van der Waals surface area contributed by atoms with E-state index < -0.39 is 0 Å². The molecule has 1 aliphatic heterocycles. The predicted molar refractivity (Wildman–Crippen MR) is 123 cm³/mol. The third-order valence-electron chi connectivity index (χ3n) is 5.58. The first-order valence-corrected chi connectivity index (χ1v) is 11.0.